The van der Waals surface area contributed by atoms with Crippen molar-refractivity contribution < 1.29 is 27.8 Å². The Kier molecular flexibility index (Phi) is 6.66. The first-order chi connectivity index (χ1) is 16.9. The average Bonchev–Trinajstić information content (AvgIpc) is 3.23. The lowest BCUT2D eigenvalue weighted by molar-refractivity contribution is -0.302. The number of rotatable bonds is 6. The van der Waals surface area contributed by atoms with E-state index in [0.29, 0.717) is 11.3 Å². The highest BCUT2D eigenvalue weighted by atomic mass is 19.4. The fourth-order valence-corrected chi connectivity index (χ4v) is 4.13. The van der Waals surface area contributed by atoms with E-state index in [2.05, 4.69) is 18.9 Å². The van der Waals surface area contributed by atoms with Crippen LogP contribution in [0, 0.1) is 6.92 Å². The highest BCUT2D eigenvalue weighted by Gasteiger charge is 2.63. The Morgan fingerprint density at radius 1 is 0.972 bits per heavy atom. The second-order valence-corrected chi connectivity index (χ2v) is 9.41. The molecule has 0 saturated heterocycles. The molecule has 1 aliphatic heterocycles. The van der Waals surface area contributed by atoms with Gasteiger partial charge in [0.1, 0.15) is 5.75 Å². The van der Waals surface area contributed by atoms with E-state index in [1.54, 1.807) is 36.4 Å². The van der Waals surface area contributed by atoms with E-state index in [-0.39, 0.29) is 16.1 Å². The first-order valence-corrected chi connectivity index (χ1v) is 11.5. The molecule has 0 aliphatic carbocycles. The third kappa shape index (κ3) is 4.86. The van der Waals surface area contributed by atoms with Crippen LogP contribution < -0.4 is 4.74 Å². The van der Waals surface area contributed by atoms with E-state index in [1.807, 2.05) is 49.4 Å². The Morgan fingerprint density at radius 3 is 2.14 bits per heavy atom. The summed E-state index contributed by atoms with van der Waals surface area (Å²) in [6.45, 7) is 5.28. The number of ether oxygens (including phenoxy) is 1. The maximum absolute atomic E-state index is 13.8. The lowest BCUT2D eigenvalue weighted by atomic mass is 9.78. The summed E-state index contributed by atoms with van der Waals surface area (Å²) in [6, 6.07) is 23.6. The minimum Gasteiger partial charge on any atom is -0.484 e. The zero-order valence-corrected chi connectivity index (χ0v) is 20.2. The van der Waals surface area contributed by atoms with Gasteiger partial charge in [-0.15, -0.1) is 0 Å². The highest BCUT2D eigenvalue weighted by Crippen LogP contribution is 2.41. The summed E-state index contributed by atoms with van der Waals surface area (Å²) in [7, 11) is 0. The number of amides is 1. The van der Waals surface area contributed by atoms with Crippen molar-refractivity contribution >= 4 is 11.6 Å². The van der Waals surface area contributed by atoms with Crippen molar-refractivity contribution in [3.8, 4) is 5.75 Å². The Balaban J connectivity index is 1.50. The number of alkyl halides is 3. The van der Waals surface area contributed by atoms with E-state index >= 15 is 0 Å². The zero-order chi connectivity index (χ0) is 26.1. The van der Waals surface area contributed by atoms with Crippen LogP contribution in [0.15, 0.2) is 84.0 Å². The van der Waals surface area contributed by atoms with E-state index in [1.165, 1.54) is 0 Å². The molecule has 3 aromatic carbocycles. The minimum absolute atomic E-state index is 0.0318. The summed E-state index contributed by atoms with van der Waals surface area (Å²) in [5, 5.41) is 14.4. The van der Waals surface area contributed by atoms with Gasteiger partial charge in [0.05, 0.1) is 12.1 Å². The van der Waals surface area contributed by atoms with Crippen LogP contribution in [-0.4, -0.2) is 40.2 Å². The lowest BCUT2D eigenvalue weighted by Gasteiger charge is -2.32. The smallest absolute Gasteiger partial charge is 0.438 e. The summed E-state index contributed by atoms with van der Waals surface area (Å²) in [5.41, 5.74) is -0.316. The maximum Gasteiger partial charge on any atom is 0.438 e. The van der Waals surface area contributed by atoms with Gasteiger partial charge in [-0.25, -0.2) is 0 Å². The number of hydrogen-bond acceptors (Lipinski definition) is 4. The van der Waals surface area contributed by atoms with E-state index < -0.39 is 30.8 Å². The number of hydrogen-bond donors (Lipinski definition) is 1. The van der Waals surface area contributed by atoms with Crippen molar-refractivity contribution in [2.75, 3.05) is 6.61 Å². The molecular formula is C28H27F3N2O3. The van der Waals surface area contributed by atoms with Crippen LogP contribution in [0.1, 0.15) is 42.5 Å². The number of carbonyl (C=O) groups is 1. The van der Waals surface area contributed by atoms with Gasteiger partial charge in [-0.05, 0) is 35.7 Å². The third-order valence-electron chi connectivity index (χ3n) is 6.49. The molecule has 1 unspecified atom stereocenters. The molecule has 1 N–H and O–H groups in total. The molecular weight excluding hydrogens is 469 g/mol. The van der Waals surface area contributed by atoms with Crippen LogP contribution >= 0.6 is 0 Å². The Morgan fingerprint density at radius 2 is 1.56 bits per heavy atom. The summed E-state index contributed by atoms with van der Waals surface area (Å²) in [4.78, 5) is 12.8. The summed E-state index contributed by atoms with van der Waals surface area (Å²) < 4.78 is 46.9. The molecule has 1 atom stereocenters. The monoisotopic (exact) mass is 496 g/mol. The van der Waals surface area contributed by atoms with E-state index in [9.17, 15) is 23.1 Å². The Labute approximate surface area is 207 Å². The van der Waals surface area contributed by atoms with Crippen LogP contribution in [-0.2, 0) is 10.2 Å². The number of aliphatic hydroxyl groups is 1. The van der Waals surface area contributed by atoms with Crippen LogP contribution in [0.2, 0.25) is 0 Å². The molecule has 0 saturated carbocycles. The van der Waals surface area contributed by atoms with Crippen molar-refractivity contribution in [1.29, 1.82) is 0 Å². The van der Waals surface area contributed by atoms with E-state index in [4.69, 9.17) is 4.74 Å². The topological polar surface area (TPSA) is 62.1 Å². The molecule has 0 bridgehead atoms. The Bertz CT molecular complexity index is 1250. The number of halogens is 3. The third-order valence-corrected chi connectivity index (χ3v) is 6.49. The number of nitrogens with zero attached hydrogens (tertiary/aromatic N) is 2. The molecule has 3 aromatic rings. The van der Waals surface area contributed by atoms with Crippen LogP contribution in [0.3, 0.4) is 0 Å². The van der Waals surface area contributed by atoms with Crippen molar-refractivity contribution in [3.63, 3.8) is 0 Å². The predicted octanol–water partition coefficient (Wildman–Crippen LogP) is 5.59. The molecule has 4 rings (SSSR count). The van der Waals surface area contributed by atoms with Crippen molar-refractivity contribution in [3.05, 3.63) is 101 Å². The van der Waals surface area contributed by atoms with Gasteiger partial charge >= 0.3 is 6.18 Å². The first kappa shape index (κ1) is 25.4. The molecule has 1 amide bonds. The van der Waals surface area contributed by atoms with Crippen molar-refractivity contribution in [1.82, 2.24) is 5.01 Å². The van der Waals surface area contributed by atoms with Crippen molar-refractivity contribution in [2.24, 2.45) is 5.10 Å². The number of hydrazone groups is 1. The quantitative estimate of drug-likeness (QED) is 0.484. The average molecular weight is 497 g/mol. The van der Waals surface area contributed by atoms with Gasteiger partial charge in [-0.3, -0.25) is 4.79 Å². The molecule has 0 spiro atoms. The Hall–Kier alpha value is -3.65. The molecule has 36 heavy (non-hydrogen) atoms. The predicted molar refractivity (Wildman–Crippen MR) is 131 cm³/mol. The highest BCUT2D eigenvalue weighted by molar-refractivity contribution is 6.03. The number of benzene rings is 3. The molecule has 188 valence electrons. The van der Waals surface area contributed by atoms with Gasteiger partial charge < -0.3 is 9.84 Å². The van der Waals surface area contributed by atoms with Gasteiger partial charge in [0, 0.05) is 5.41 Å². The lowest BCUT2D eigenvalue weighted by Crippen LogP contribution is -2.57. The van der Waals surface area contributed by atoms with Gasteiger partial charge in [-0.1, -0.05) is 86.1 Å². The molecule has 8 heteroatoms. The zero-order valence-electron chi connectivity index (χ0n) is 20.2. The first-order valence-electron chi connectivity index (χ1n) is 11.5. The largest absolute Gasteiger partial charge is 0.484 e. The maximum atomic E-state index is 13.8. The molecule has 0 fully saturated rings. The van der Waals surface area contributed by atoms with Crippen LogP contribution in [0.4, 0.5) is 13.2 Å². The van der Waals surface area contributed by atoms with Crippen molar-refractivity contribution in [2.45, 2.75) is 44.5 Å². The molecule has 0 radical (unpaired) electrons. The standard InChI is InChI=1S/C28H27F3N2O3/c1-19-9-11-20(12-10-19)24-17-27(35,28(29,30)31)33(32-24)25(34)18-36-23-15-13-22(14-16-23)26(2,3)21-7-5-4-6-8-21/h4-16,35H,17-18H2,1-3H3. The second kappa shape index (κ2) is 9.43. The fraction of sp³-hybridized carbons (Fsp3) is 0.286. The second-order valence-electron chi connectivity index (χ2n) is 9.41. The molecule has 1 heterocycles. The minimum atomic E-state index is -5.11. The number of aryl methyl sites for hydroxylation is 1. The summed E-state index contributed by atoms with van der Waals surface area (Å²) >= 11 is 0. The fourth-order valence-electron chi connectivity index (χ4n) is 4.13. The number of carbonyl (C=O) groups excluding carboxylic acids is 1. The van der Waals surface area contributed by atoms with Gasteiger partial charge in [0.2, 0.25) is 0 Å². The SMILES string of the molecule is Cc1ccc(C2=NN(C(=O)COc3ccc(C(C)(C)c4ccccc4)cc3)C(O)(C(F)(F)F)C2)cc1. The molecule has 1 aliphatic rings. The summed E-state index contributed by atoms with van der Waals surface area (Å²) in [6.07, 6.45) is -5.97. The van der Waals surface area contributed by atoms with Gasteiger partial charge in [0.15, 0.2) is 6.61 Å². The van der Waals surface area contributed by atoms with Crippen LogP contribution in [0.25, 0.3) is 0 Å². The summed E-state index contributed by atoms with van der Waals surface area (Å²) in [5.74, 6) is -0.793. The van der Waals surface area contributed by atoms with Crippen LogP contribution in [0.5, 0.6) is 5.75 Å². The van der Waals surface area contributed by atoms with Gasteiger partial charge in [-0.2, -0.15) is 23.3 Å². The molecule has 0 aromatic heterocycles. The van der Waals surface area contributed by atoms with E-state index in [0.717, 1.165) is 16.7 Å². The van der Waals surface area contributed by atoms with Gasteiger partial charge in [0.25, 0.3) is 11.6 Å². The normalized spacial score (nSPS) is 18.2. The molecule has 5 nitrogen and oxygen atoms in total.